The van der Waals surface area contributed by atoms with Crippen molar-refractivity contribution in [3.63, 3.8) is 0 Å². The van der Waals surface area contributed by atoms with Crippen molar-refractivity contribution in [2.45, 2.75) is 52.0 Å². The van der Waals surface area contributed by atoms with E-state index in [1.165, 1.54) is 11.1 Å². The summed E-state index contributed by atoms with van der Waals surface area (Å²) in [6.07, 6.45) is 0.781. The molecule has 1 atom stereocenters. The van der Waals surface area contributed by atoms with E-state index in [9.17, 15) is 4.79 Å². The van der Waals surface area contributed by atoms with E-state index in [1.54, 1.807) is 34.6 Å². The lowest BCUT2D eigenvalue weighted by Crippen LogP contribution is -2.50. The Morgan fingerprint density at radius 3 is 2.65 bits per heavy atom. The number of amides is 1. The molecule has 17 heavy (non-hydrogen) atoms. The number of ether oxygens (including phenoxy) is 2. The molecule has 1 amide bonds. The highest BCUT2D eigenvalue weighted by atomic mass is 16.6. The fraction of sp³-hybridized carbons (Fsp3) is 0.818. The Hall–Kier alpha value is -1.30. The van der Waals surface area contributed by atoms with Gasteiger partial charge in [-0.3, -0.25) is 4.90 Å². The second-order valence-corrected chi connectivity index (χ2v) is 5.44. The molecule has 0 aliphatic carbocycles. The monoisotopic (exact) mass is 244 g/mol. The predicted molar refractivity (Wildman–Crippen MR) is 62.2 cm³/mol. The summed E-state index contributed by atoms with van der Waals surface area (Å²) in [6.45, 7) is 9.21. The number of nitrogens with zero attached hydrogens (tertiary/aromatic N) is 2. The highest BCUT2D eigenvalue weighted by molar-refractivity contribution is 5.76. The molecule has 0 aromatic heterocycles. The van der Waals surface area contributed by atoms with Crippen molar-refractivity contribution in [1.82, 2.24) is 4.90 Å². The third kappa shape index (κ3) is 3.33. The lowest BCUT2D eigenvalue weighted by atomic mass is 10.2. The minimum Gasteiger partial charge on any atom is -0.444 e. The molecule has 1 aliphatic rings. The smallest absolute Gasteiger partial charge is 0.413 e. The Labute approximate surface area is 101 Å². The molecular formula is C11H20N2O4. The molecule has 1 N–H and O–H groups in total. The van der Waals surface area contributed by atoms with Crippen molar-refractivity contribution < 1.29 is 19.5 Å². The van der Waals surface area contributed by atoms with Crippen LogP contribution in [0.5, 0.6) is 0 Å². The largest absolute Gasteiger partial charge is 0.444 e. The van der Waals surface area contributed by atoms with Gasteiger partial charge in [0, 0.05) is 0 Å². The topological polar surface area (TPSA) is 71.4 Å². The molecule has 1 saturated heterocycles. The van der Waals surface area contributed by atoms with Crippen LogP contribution < -0.4 is 0 Å². The molecule has 0 saturated carbocycles. The second kappa shape index (κ2) is 4.52. The molecule has 1 aliphatic heterocycles. The lowest BCUT2D eigenvalue weighted by Gasteiger charge is -2.33. The first kappa shape index (κ1) is 13.8. The average molecular weight is 244 g/mol. The first-order valence-corrected chi connectivity index (χ1v) is 5.51. The maximum Gasteiger partial charge on any atom is 0.413 e. The molecule has 6 nitrogen and oxygen atoms in total. The van der Waals surface area contributed by atoms with E-state index in [4.69, 9.17) is 14.7 Å². The van der Waals surface area contributed by atoms with Crippen molar-refractivity contribution in [2.24, 2.45) is 5.16 Å². The fourth-order valence-electron chi connectivity index (χ4n) is 1.69. The maximum absolute atomic E-state index is 12.0. The number of carbonyl (C=O) groups excluding carboxylic acids is 1. The summed E-state index contributed by atoms with van der Waals surface area (Å²) in [6, 6.07) is -0.412. The SMILES string of the molecule is CC(C)(C)OC(=O)N1C(/C=N/O)COC1(C)C. The van der Waals surface area contributed by atoms with E-state index < -0.39 is 23.5 Å². The van der Waals surface area contributed by atoms with Gasteiger partial charge in [-0.2, -0.15) is 0 Å². The van der Waals surface area contributed by atoms with Gasteiger partial charge < -0.3 is 14.7 Å². The summed E-state index contributed by atoms with van der Waals surface area (Å²) >= 11 is 0. The van der Waals surface area contributed by atoms with Crippen LogP contribution in [0.4, 0.5) is 4.79 Å². The van der Waals surface area contributed by atoms with Crippen LogP contribution in [0.25, 0.3) is 0 Å². The number of rotatable bonds is 1. The molecule has 1 fully saturated rings. The van der Waals surface area contributed by atoms with Gasteiger partial charge in [0.2, 0.25) is 0 Å². The van der Waals surface area contributed by atoms with Crippen LogP contribution in [-0.4, -0.2) is 46.4 Å². The van der Waals surface area contributed by atoms with E-state index in [0.29, 0.717) is 0 Å². The molecule has 6 heteroatoms. The van der Waals surface area contributed by atoms with Crippen molar-refractivity contribution in [3.05, 3.63) is 0 Å². The second-order valence-electron chi connectivity index (χ2n) is 5.44. The quantitative estimate of drug-likeness (QED) is 0.434. The van der Waals surface area contributed by atoms with Crippen LogP contribution in [0.15, 0.2) is 5.16 Å². The predicted octanol–water partition coefficient (Wildman–Crippen LogP) is 1.82. The number of hydrogen-bond donors (Lipinski definition) is 1. The molecule has 1 heterocycles. The summed E-state index contributed by atoms with van der Waals surface area (Å²) < 4.78 is 10.8. The van der Waals surface area contributed by atoms with E-state index >= 15 is 0 Å². The highest BCUT2D eigenvalue weighted by Crippen LogP contribution is 2.28. The van der Waals surface area contributed by atoms with Gasteiger partial charge in [0.25, 0.3) is 0 Å². The number of hydrogen-bond acceptors (Lipinski definition) is 5. The van der Waals surface area contributed by atoms with Crippen LogP contribution >= 0.6 is 0 Å². The van der Waals surface area contributed by atoms with Gasteiger partial charge in [-0.25, -0.2) is 4.79 Å². The molecule has 0 aromatic rings. The zero-order chi connectivity index (χ0) is 13.3. The standard InChI is InChI=1S/C11H20N2O4/c1-10(2,3)17-9(14)13-8(6-12-15)7-16-11(13,4)5/h6,8,15H,7H2,1-5H3/b12-6+. The number of carbonyl (C=O) groups is 1. The van der Waals surface area contributed by atoms with E-state index in [1.807, 2.05) is 0 Å². The molecular weight excluding hydrogens is 224 g/mol. The van der Waals surface area contributed by atoms with Gasteiger partial charge in [0.15, 0.2) is 0 Å². The Morgan fingerprint density at radius 2 is 2.18 bits per heavy atom. The highest BCUT2D eigenvalue weighted by Gasteiger charge is 2.45. The van der Waals surface area contributed by atoms with Crippen LogP contribution in [-0.2, 0) is 9.47 Å². The van der Waals surface area contributed by atoms with E-state index in [0.717, 1.165) is 0 Å². The van der Waals surface area contributed by atoms with E-state index in [-0.39, 0.29) is 6.61 Å². The van der Waals surface area contributed by atoms with Crippen molar-refractivity contribution >= 4 is 12.3 Å². The minimum absolute atomic E-state index is 0.288. The summed E-state index contributed by atoms with van der Waals surface area (Å²) in [7, 11) is 0. The number of oxime groups is 1. The molecule has 1 rings (SSSR count). The van der Waals surface area contributed by atoms with Gasteiger partial charge >= 0.3 is 6.09 Å². The summed E-state index contributed by atoms with van der Waals surface area (Å²) in [5.74, 6) is 0. The zero-order valence-electron chi connectivity index (χ0n) is 10.9. The zero-order valence-corrected chi connectivity index (χ0v) is 10.9. The normalized spacial score (nSPS) is 24.3. The molecule has 0 spiro atoms. The van der Waals surface area contributed by atoms with Gasteiger partial charge in [0.05, 0.1) is 12.8 Å². The third-order valence-corrected chi connectivity index (χ3v) is 2.35. The summed E-state index contributed by atoms with van der Waals surface area (Å²) in [5.41, 5.74) is -1.34. The Balaban J connectivity index is 2.86. The maximum atomic E-state index is 12.0. The lowest BCUT2D eigenvalue weighted by molar-refractivity contribution is -0.0604. The Morgan fingerprint density at radius 1 is 1.59 bits per heavy atom. The average Bonchev–Trinajstić information content (AvgIpc) is 2.39. The fourth-order valence-corrected chi connectivity index (χ4v) is 1.69. The van der Waals surface area contributed by atoms with Crippen LogP contribution in [0.2, 0.25) is 0 Å². The summed E-state index contributed by atoms with van der Waals surface area (Å²) in [4.78, 5) is 13.5. The Kier molecular flexibility index (Phi) is 3.66. The first-order valence-electron chi connectivity index (χ1n) is 5.51. The van der Waals surface area contributed by atoms with Crippen LogP contribution in [0, 0.1) is 0 Å². The molecule has 0 radical (unpaired) electrons. The third-order valence-electron chi connectivity index (χ3n) is 2.35. The molecule has 1 unspecified atom stereocenters. The summed E-state index contributed by atoms with van der Waals surface area (Å²) in [5, 5.41) is 11.5. The Bertz CT molecular complexity index is 320. The minimum atomic E-state index is -0.770. The van der Waals surface area contributed by atoms with Gasteiger partial charge in [-0.05, 0) is 34.6 Å². The van der Waals surface area contributed by atoms with Crippen molar-refractivity contribution in [3.8, 4) is 0 Å². The molecule has 0 aromatic carbocycles. The van der Waals surface area contributed by atoms with Gasteiger partial charge in [-0.15, -0.1) is 0 Å². The van der Waals surface area contributed by atoms with Crippen LogP contribution in [0.1, 0.15) is 34.6 Å². The van der Waals surface area contributed by atoms with E-state index in [2.05, 4.69) is 5.16 Å². The molecule has 0 bridgehead atoms. The van der Waals surface area contributed by atoms with Crippen LogP contribution in [0.3, 0.4) is 0 Å². The van der Waals surface area contributed by atoms with Crippen molar-refractivity contribution in [2.75, 3.05) is 6.61 Å². The van der Waals surface area contributed by atoms with Gasteiger partial charge in [0.1, 0.15) is 17.4 Å². The first-order chi connectivity index (χ1) is 7.67. The van der Waals surface area contributed by atoms with Gasteiger partial charge in [-0.1, -0.05) is 5.16 Å². The van der Waals surface area contributed by atoms with Crippen molar-refractivity contribution in [1.29, 1.82) is 0 Å². The molecule has 98 valence electrons.